The highest BCUT2D eigenvalue weighted by molar-refractivity contribution is 6.33. The predicted octanol–water partition coefficient (Wildman–Crippen LogP) is 6.45. The maximum Gasteiger partial charge on any atom is 0.348 e. The molecule has 0 saturated heterocycles. The molecule has 1 aromatic heterocycles. The van der Waals surface area contributed by atoms with Crippen molar-refractivity contribution in [1.82, 2.24) is 15.0 Å². The maximum absolute atomic E-state index is 15.0. The molecule has 0 spiro atoms. The molecule has 1 aliphatic carbocycles. The minimum Gasteiger partial charge on any atom is -0.296 e. The average molecular weight is 482 g/mol. The van der Waals surface area contributed by atoms with E-state index in [9.17, 15) is 14.0 Å². The van der Waals surface area contributed by atoms with Crippen LogP contribution in [-0.2, 0) is 11.2 Å². The van der Waals surface area contributed by atoms with Gasteiger partial charge in [0.1, 0.15) is 5.82 Å². The Hall–Kier alpha value is -2.86. The molecule has 1 aliphatic rings. The normalized spacial score (nSPS) is 15.4. The van der Waals surface area contributed by atoms with Crippen LogP contribution < -0.4 is 5.69 Å². The molecule has 34 heavy (non-hydrogen) atoms. The summed E-state index contributed by atoms with van der Waals surface area (Å²) < 4.78 is 15.0. The summed E-state index contributed by atoms with van der Waals surface area (Å²) in [6, 6.07) is 13.1. The number of alkyl halides is 1. The summed E-state index contributed by atoms with van der Waals surface area (Å²) in [5, 5.41) is 0.417. The van der Waals surface area contributed by atoms with Crippen LogP contribution in [0.4, 0.5) is 4.39 Å². The SMILES string of the molecule is CC(C)c1cccc(-c2nc(-c3cc(CCC(=O)C4(F)CCCCC4)ccc3Cl)[nH]c(=O)n2)c1. The van der Waals surface area contributed by atoms with E-state index in [1.54, 1.807) is 12.1 Å². The highest BCUT2D eigenvalue weighted by atomic mass is 35.5. The molecule has 1 saturated carbocycles. The van der Waals surface area contributed by atoms with Gasteiger partial charge in [-0.05, 0) is 67.3 Å². The van der Waals surface area contributed by atoms with Crippen molar-refractivity contribution < 1.29 is 9.18 Å². The van der Waals surface area contributed by atoms with Crippen LogP contribution in [0.5, 0.6) is 0 Å². The highest BCUT2D eigenvalue weighted by Gasteiger charge is 2.38. The summed E-state index contributed by atoms with van der Waals surface area (Å²) in [4.78, 5) is 36.2. The van der Waals surface area contributed by atoms with Gasteiger partial charge < -0.3 is 0 Å². The Morgan fingerprint density at radius 2 is 1.88 bits per heavy atom. The second kappa shape index (κ2) is 10.2. The number of aromatic nitrogens is 3. The second-order valence-corrected chi connectivity index (χ2v) is 9.78. The van der Waals surface area contributed by atoms with Crippen molar-refractivity contribution in [2.45, 2.75) is 70.4 Å². The van der Waals surface area contributed by atoms with E-state index >= 15 is 0 Å². The van der Waals surface area contributed by atoms with Crippen LogP contribution in [0.3, 0.4) is 0 Å². The zero-order chi connectivity index (χ0) is 24.3. The van der Waals surface area contributed by atoms with Gasteiger partial charge in [-0.15, -0.1) is 0 Å². The number of nitrogens with one attached hydrogen (secondary N) is 1. The Kier molecular flexibility index (Phi) is 7.27. The van der Waals surface area contributed by atoms with Crippen molar-refractivity contribution in [3.05, 3.63) is 69.1 Å². The van der Waals surface area contributed by atoms with Gasteiger partial charge in [0, 0.05) is 17.5 Å². The number of ketones is 1. The van der Waals surface area contributed by atoms with Gasteiger partial charge in [-0.1, -0.05) is 56.1 Å². The summed E-state index contributed by atoms with van der Waals surface area (Å²) in [6.45, 7) is 4.19. The molecule has 3 aromatic rings. The number of carbonyl (C=O) groups excluding carboxylic acids is 1. The van der Waals surface area contributed by atoms with Crippen LogP contribution in [0.1, 0.15) is 69.4 Å². The van der Waals surface area contributed by atoms with Crippen molar-refractivity contribution in [3.8, 4) is 22.8 Å². The van der Waals surface area contributed by atoms with Crippen molar-refractivity contribution >= 4 is 17.4 Å². The number of aromatic amines is 1. The number of halogens is 2. The largest absolute Gasteiger partial charge is 0.348 e. The molecule has 0 radical (unpaired) electrons. The third kappa shape index (κ3) is 5.44. The maximum atomic E-state index is 15.0. The van der Waals surface area contributed by atoms with Crippen LogP contribution in [0.15, 0.2) is 47.3 Å². The lowest BCUT2D eigenvalue weighted by Gasteiger charge is -2.27. The predicted molar refractivity (Wildman–Crippen MR) is 133 cm³/mol. The quantitative estimate of drug-likeness (QED) is 0.420. The molecule has 0 bridgehead atoms. The van der Waals surface area contributed by atoms with Gasteiger partial charge >= 0.3 is 5.69 Å². The number of nitrogens with zero attached hydrogens (tertiary/aromatic N) is 2. The third-order valence-corrected chi connectivity index (χ3v) is 6.86. The van der Waals surface area contributed by atoms with E-state index < -0.39 is 11.4 Å². The van der Waals surface area contributed by atoms with Crippen molar-refractivity contribution in [2.75, 3.05) is 0 Å². The molecule has 0 amide bonds. The molecule has 1 heterocycles. The molecule has 5 nitrogen and oxygen atoms in total. The van der Waals surface area contributed by atoms with Crippen LogP contribution in [0.2, 0.25) is 5.02 Å². The van der Waals surface area contributed by atoms with Gasteiger partial charge in [-0.2, -0.15) is 4.98 Å². The molecule has 4 rings (SSSR count). The van der Waals surface area contributed by atoms with Crippen molar-refractivity contribution in [2.24, 2.45) is 0 Å². The Morgan fingerprint density at radius 1 is 1.12 bits per heavy atom. The standard InChI is InChI=1S/C27H29ClFN3O2/c1-17(2)19-7-6-8-20(16-19)24-30-25(32-26(34)31-24)21-15-18(9-11-22(21)28)10-12-23(33)27(29)13-4-3-5-14-27/h6-9,11,15-17H,3-5,10,12-14H2,1-2H3,(H,30,31,32,34). The summed E-state index contributed by atoms with van der Waals surface area (Å²) in [5.74, 6) is 0.616. The van der Waals surface area contributed by atoms with Gasteiger partial charge in [-0.25, -0.2) is 14.2 Å². The lowest BCUT2D eigenvalue weighted by molar-refractivity contribution is -0.132. The number of rotatable bonds is 7. The first kappa shape index (κ1) is 24.3. The lowest BCUT2D eigenvalue weighted by atomic mass is 9.81. The zero-order valence-electron chi connectivity index (χ0n) is 19.5. The van der Waals surface area contributed by atoms with Gasteiger partial charge in [0.15, 0.2) is 17.3 Å². The second-order valence-electron chi connectivity index (χ2n) is 9.37. The number of hydrogen-bond acceptors (Lipinski definition) is 4. The Balaban J connectivity index is 1.60. The van der Waals surface area contributed by atoms with Crippen LogP contribution in [0, 0.1) is 0 Å². The van der Waals surface area contributed by atoms with E-state index in [2.05, 4.69) is 28.8 Å². The smallest absolute Gasteiger partial charge is 0.296 e. The van der Waals surface area contributed by atoms with E-state index in [4.69, 9.17) is 11.6 Å². The molecule has 2 aromatic carbocycles. The van der Waals surface area contributed by atoms with Crippen molar-refractivity contribution in [3.63, 3.8) is 0 Å². The Bertz CT molecular complexity index is 1250. The topological polar surface area (TPSA) is 75.7 Å². The van der Waals surface area contributed by atoms with Crippen LogP contribution >= 0.6 is 11.6 Å². The monoisotopic (exact) mass is 481 g/mol. The van der Waals surface area contributed by atoms with Gasteiger partial charge in [0.2, 0.25) is 0 Å². The molecule has 1 N–H and O–H groups in total. The number of benzene rings is 2. The van der Waals surface area contributed by atoms with E-state index in [0.717, 1.165) is 36.0 Å². The molecule has 0 unspecified atom stereocenters. The third-order valence-electron chi connectivity index (χ3n) is 6.53. The number of carbonyl (C=O) groups is 1. The Morgan fingerprint density at radius 3 is 2.62 bits per heavy atom. The number of Topliss-reactive ketones (excluding diaryl/α,β-unsaturated/α-hetero) is 1. The fourth-order valence-electron chi connectivity index (χ4n) is 4.46. The number of H-pyrrole nitrogens is 1. The first-order valence-corrected chi connectivity index (χ1v) is 12.2. The molecule has 0 aliphatic heterocycles. The molecule has 7 heteroatoms. The van der Waals surface area contributed by atoms with Gasteiger partial charge in [0.25, 0.3) is 0 Å². The molecular weight excluding hydrogens is 453 g/mol. The highest BCUT2D eigenvalue weighted by Crippen LogP contribution is 2.34. The van der Waals surface area contributed by atoms with Crippen molar-refractivity contribution in [1.29, 1.82) is 0 Å². The summed E-state index contributed by atoms with van der Waals surface area (Å²) in [6.07, 6.45) is 3.67. The first-order chi connectivity index (χ1) is 16.2. The van der Waals surface area contributed by atoms with E-state index in [0.29, 0.717) is 47.4 Å². The van der Waals surface area contributed by atoms with Crippen LogP contribution in [-0.4, -0.2) is 26.4 Å². The fourth-order valence-corrected chi connectivity index (χ4v) is 4.67. The molecule has 178 valence electrons. The fraction of sp³-hybridized carbons (Fsp3) is 0.407. The summed E-state index contributed by atoms with van der Waals surface area (Å²) in [7, 11) is 0. The van der Waals surface area contributed by atoms with E-state index in [-0.39, 0.29) is 12.2 Å². The molecule has 0 atom stereocenters. The molecular formula is C27H29ClFN3O2. The number of aryl methyl sites for hydroxylation is 1. The van der Waals surface area contributed by atoms with E-state index in [1.807, 2.05) is 30.3 Å². The van der Waals surface area contributed by atoms with E-state index in [1.165, 1.54) is 0 Å². The summed E-state index contributed by atoms with van der Waals surface area (Å²) in [5.41, 5.74) is 1.02. The molecule has 1 fully saturated rings. The Labute approximate surface area is 203 Å². The zero-order valence-corrected chi connectivity index (χ0v) is 20.3. The van der Waals surface area contributed by atoms with Crippen LogP contribution in [0.25, 0.3) is 22.8 Å². The first-order valence-electron chi connectivity index (χ1n) is 11.8. The lowest BCUT2D eigenvalue weighted by Crippen LogP contribution is -2.36. The summed E-state index contributed by atoms with van der Waals surface area (Å²) >= 11 is 6.45. The minimum absolute atomic E-state index is 0.130. The number of hydrogen-bond donors (Lipinski definition) is 1. The van der Waals surface area contributed by atoms with Gasteiger partial charge in [-0.3, -0.25) is 9.78 Å². The van der Waals surface area contributed by atoms with Gasteiger partial charge in [0.05, 0.1) is 5.02 Å². The minimum atomic E-state index is -1.69. The average Bonchev–Trinajstić information content (AvgIpc) is 2.83.